The lowest BCUT2D eigenvalue weighted by Gasteiger charge is -2.18. The molecular weight excluding hydrogens is 238 g/mol. The Balaban J connectivity index is 1.90. The second kappa shape index (κ2) is 6.20. The van der Waals surface area contributed by atoms with Crippen molar-refractivity contribution in [2.24, 2.45) is 5.92 Å². The van der Waals surface area contributed by atoms with Crippen molar-refractivity contribution in [2.45, 2.75) is 45.6 Å². The molecule has 1 saturated carbocycles. The Kier molecular flexibility index (Phi) is 4.59. The lowest BCUT2D eigenvalue weighted by Crippen LogP contribution is -2.35. The first-order chi connectivity index (χ1) is 9.08. The Bertz CT molecular complexity index is 450. The van der Waals surface area contributed by atoms with E-state index in [2.05, 4.69) is 5.32 Å². The summed E-state index contributed by atoms with van der Waals surface area (Å²) in [5, 5.41) is 12.9. The van der Waals surface area contributed by atoms with Gasteiger partial charge in [-0.2, -0.15) is 0 Å². The summed E-state index contributed by atoms with van der Waals surface area (Å²) >= 11 is 0. The molecule has 2 N–H and O–H groups in total. The highest BCUT2D eigenvalue weighted by Crippen LogP contribution is 2.27. The molecule has 0 aromatic heterocycles. The average molecular weight is 261 g/mol. The van der Waals surface area contributed by atoms with Crippen LogP contribution < -0.4 is 5.32 Å². The highest BCUT2D eigenvalue weighted by Gasteiger charge is 2.23. The fraction of sp³-hybridized carbons (Fsp3) is 0.562. The van der Waals surface area contributed by atoms with Crippen molar-refractivity contribution >= 4 is 5.91 Å². The number of aryl methyl sites for hydroxylation is 2. The summed E-state index contributed by atoms with van der Waals surface area (Å²) in [4.78, 5) is 12.1. The summed E-state index contributed by atoms with van der Waals surface area (Å²) in [6.07, 6.45) is 4.16. The predicted octanol–water partition coefficient (Wildman–Crippen LogP) is 2.58. The highest BCUT2D eigenvalue weighted by molar-refractivity contribution is 5.95. The van der Waals surface area contributed by atoms with Crippen molar-refractivity contribution in [3.8, 4) is 0 Å². The Morgan fingerprint density at radius 1 is 1.37 bits per heavy atom. The van der Waals surface area contributed by atoms with E-state index in [1.54, 1.807) is 0 Å². The van der Waals surface area contributed by atoms with Crippen LogP contribution in [0.5, 0.6) is 0 Å². The summed E-state index contributed by atoms with van der Waals surface area (Å²) in [6.45, 7) is 4.31. The van der Waals surface area contributed by atoms with Crippen LogP contribution in [0.1, 0.15) is 47.2 Å². The van der Waals surface area contributed by atoms with Gasteiger partial charge >= 0.3 is 0 Å². The number of benzene rings is 1. The fourth-order valence-electron chi connectivity index (χ4n) is 2.87. The molecule has 1 aromatic rings. The van der Waals surface area contributed by atoms with Crippen molar-refractivity contribution in [2.75, 3.05) is 6.54 Å². The number of aliphatic hydroxyl groups is 1. The van der Waals surface area contributed by atoms with Crippen LogP contribution in [0.2, 0.25) is 0 Å². The number of hydrogen-bond acceptors (Lipinski definition) is 2. The Labute approximate surface area is 115 Å². The van der Waals surface area contributed by atoms with E-state index in [1.807, 2.05) is 32.0 Å². The number of aliphatic hydroxyl groups excluding tert-OH is 1. The second-order valence-electron chi connectivity index (χ2n) is 5.64. The van der Waals surface area contributed by atoms with Gasteiger partial charge in [0.25, 0.3) is 5.91 Å². The van der Waals surface area contributed by atoms with Crippen LogP contribution in [0.4, 0.5) is 0 Å². The molecule has 3 heteroatoms. The molecule has 0 heterocycles. The molecule has 3 nitrogen and oxygen atoms in total. The Morgan fingerprint density at radius 3 is 2.68 bits per heavy atom. The van der Waals surface area contributed by atoms with Gasteiger partial charge in [0.1, 0.15) is 0 Å². The van der Waals surface area contributed by atoms with Crippen LogP contribution in [-0.4, -0.2) is 23.7 Å². The van der Waals surface area contributed by atoms with Crippen LogP contribution in [0, 0.1) is 19.8 Å². The third-order valence-electron chi connectivity index (χ3n) is 4.04. The molecule has 104 valence electrons. The highest BCUT2D eigenvalue weighted by atomic mass is 16.3. The van der Waals surface area contributed by atoms with Gasteiger partial charge in [-0.25, -0.2) is 0 Å². The molecule has 2 rings (SSSR count). The lowest BCUT2D eigenvalue weighted by atomic mass is 10.0. The monoisotopic (exact) mass is 261 g/mol. The largest absolute Gasteiger partial charge is 0.391 e. The standard InChI is InChI=1S/C16H23NO2/c1-11-7-8-14(12(2)9-11)16(19)17-10-15(18)13-5-3-4-6-13/h7-9,13,15,18H,3-6,10H2,1-2H3,(H,17,19). The average Bonchev–Trinajstić information content (AvgIpc) is 2.89. The zero-order chi connectivity index (χ0) is 13.8. The summed E-state index contributed by atoms with van der Waals surface area (Å²) in [6, 6.07) is 5.79. The molecule has 0 radical (unpaired) electrons. The maximum atomic E-state index is 12.1. The molecule has 1 fully saturated rings. The SMILES string of the molecule is Cc1ccc(C(=O)NCC(O)C2CCCC2)c(C)c1. The van der Waals surface area contributed by atoms with E-state index in [9.17, 15) is 9.90 Å². The summed E-state index contributed by atoms with van der Waals surface area (Å²) in [5.41, 5.74) is 2.83. The van der Waals surface area contributed by atoms with Crippen LogP contribution in [0.15, 0.2) is 18.2 Å². The molecule has 1 unspecified atom stereocenters. The van der Waals surface area contributed by atoms with E-state index in [4.69, 9.17) is 0 Å². The first-order valence-corrected chi connectivity index (χ1v) is 7.11. The van der Waals surface area contributed by atoms with E-state index < -0.39 is 6.10 Å². The molecule has 0 spiro atoms. The van der Waals surface area contributed by atoms with Crippen LogP contribution in [0.3, 0.4) is 0 Å². The number of amides is 1. The van der Waals surface area contributed by atoms with E-state index in [0.717, 1.165) is 24.0 Å². The number of hydrogen-bond donors (Lipinski definition) is 2. The zero-order valence-electron chi connectivity index (χ0n) is 11.8. The number of carbonyl (C=O) groups is 1. The van der Waals surface area contributed by atoms with Gasteiger partial charge in [-0.05, 0) is 44.2 Å². The third-order valence-corrected chi connectivity index (χ3v) is 4.04. The van der Waals surface area contributed by atoms with E-state index >= 15 is 0 Å². The molecule has 1 atom stereocenters. The van der Waals surface area contributed by atoms with E-state index in [0.29, 0.717) is 18.0 Å². The number of rotatable bonds is 4. The quantitative estimate of drug-likeness (QED) is 0.875. The molecule has 0 bridgehead atoms. The summed E-state index contributed by atoms with van der Waals surface area (Å²) < 4.78 is 0. The Hall–Kier alpha value is -1.35. The van der Waals surface area contributed by atoms with Gasteiger partial charge in [-0.15, -0.1) is 0 Å². The van der Waals surface area contributed by atoms with Gasteiger partial charge in [-0.1, -0.05) is 30.5 Å². The first-order valence-electron chi connectivity index (χ1n) is 7.11. The van der Waals surface area contributed by atoms with Gasteiger partial charge in [0.05, 0.1) is 6.10 Å². The molecule has 19 heavy (non-hydrogen) atoms. The molecule has 0 saturated heterocycles. The first kappa shape index (κ1) is 14.1. The van der Waals surface area contributed by atoms with Crippen molar-refractivity contribution in [3.05, 3.63) is 34.9 Å². The molecule has 0 aliphatic heterocycles. The van der Waals surface area contributed by atoms with Gasteiger partial charge in [-0.3, -0.25) is 4.79 Å². The topological polar surface area (TPSA) is 49.3 Å². The van der Waals surface area contributed by atoms with Crippen molar-refractivity contribution in [1.82, 2.24) is 5.32 Å². The normalized spacial score (nSPS) is 17.4. The van der Waals surface area contributed by atoms with Crippen molar-refractivity contribution in [1.29, 1.82) is 0 Å². The number of nitrogens with one attached hydrogen (secondary N) is 1. The maximum absolute atomic E-state index is 12.1. The van der Waals surface area contributed by atoms with Gasteiger partial charge in [0, 0.05) is 12.1 Å². The molecular formula is C16H23NO2. The summed E-state index contributed by atoms with van der Waals surface area (Å²) in [5.74, 6) is 0.272. The lowest BCUT2D eigenvalue weighted by molar-refractivity contribution is 0.0840. The fourth-order valence-corrected chi connectivity index (χ4v) is 2.87. The minimum atomic E-state index is -0.405. The molecule has 1 aliphatic carbocycles. The van der Waals surface area contributed by atoms with Crippen LogP contribution in [0.25, 0.3) is 0 Å². The minimum absolute atomic E-state index is 0.0884. The molecule has 1 aliphatic rings. The van der Waals surface area contributed by atoms with Crippen LogP contribution in [-0.2, 0) is 0 Å². The Morgan fingerprint density at radius 2 is 2.05 bits per heavy atom. The van der Waals surface area contributed by atoms with Crippen molar-refractivity contribution in [3.63, 3.8) is 0 Å². The number of carbonyl (C=O) groups excluding carboxylic acids is 1. The van der Waals surface area contributed by atoms with Crippen LogP contribution >= 0.6 is 0 Å². The summed E-state index contributed by atoms with van der Waals surface area (Å²) in [7, 11) is 0. The third kappa shape index (κ3) is 3.57. The molecule has 1 aromatic carbocycles. The maximum Gasteiger partial charge on any atom is 0.251 e. The second-order valence-corrected chi connectivity index (χ2v) is 5.64. The minimum Gasteiger partial charge on any atom is -0.391 e. The van der Waals surface area contributed by atoms with E-state index in [-0.39, 0.29) is 5.91 Å². The van der Waals surface area contributed by atoms with Gasteiger partial charge < -0.3 is 10.4 Å². The predicted molar refractivity (Wildman–Crippen MR) is 76.2 cm³/mol. The van der Waals surface area contributed by atoms with Gasteiger partial charge in [0.15, 0.2) is 0 Å². The smallest absolute Gasteiger partial charge is 0.251 e. The zero-order valence-corrected chi connectivity index (χ0v) is 11.8. The van der Waals surface area contributed by atoms with Crippen molar-refractivity contribution < 1.29 is 9.90 Å². The van der Waals surface area contributed by atoms with E-state index in [1.165, 1.54) is 12.8 Å². The van der Waals surface area contributed by atoms with Gasteiger partial charge in [0.2, 0.25) is 0 Å². The molecule has 1 amide bonds.